The first-order valence-corrected chi connectivity index (χ1v) is 7.83. The Balaban J connectivity index is 1.80. The van der Waals surface area contributed by atoms with Crippen LogP contribution in [0.5, 0.6) is 0 Å². The lowest BCUT2D eigenvalue weighted by atomic mass is 10.0. The Morgan fingerprint density at radius 3 is 2.83 bits per heavy atom. The van der Waals surface area contributed by atoms with Crippen molar-refractivity contribution in [1.82, 2.24) is 5.16 Å². The van der Waals surface area contributed by atoms with Crippen molar-refractivity contribution in [3.8, 4) is 11.3 Å². The summed E-state index contributed by atoms with van der Waals surface area (Å²) in [7, 11) is 0. The summed E-state index contributed by atoms with van der Waals surface area (Å²) in [5.74, 6) is -0.274. The third kappa shape index (κ3) is 3.65. The monoisotopic (exact) mass is 336 g/mol. The first kappa shape index (κ1) is 15.8. The molecule has 23 heavy (non-hydrogen) atoms. The van der Waals surface area contributed by atoms with Gasteiger partial charge in [-0.25, -0.2) is 4.79 Å². The minimum Gasteiger partial charge on any atom is -0.477 e. The van der Waals surface area contributed by atoms with Crippen LogP contribution in [-0.2, 0) is 4.74 Å². The molecule has 0 bridgehead atoms. The molecule has 1 atom stereocenters. The van der Waals surface area contributed by atoms with E-state index in [4.69, 9.17) is 20.9 Å². The van der Waals surface area contributed by atoms with E-state index >= 15 is 0 Å². The van der Waals surface area contributed by atoms with Crippen LogP contribution in [0.25, 0.3) is 11.3 Å². The van der Waals surface area contributed by atoms with Gasteiger partial charge in [-0.15, -0.1) is 0 Å². The van der Waals surface area contributed by atoms with E-state index in [-0.39, 0.29) is 17.1 Å². The molecule has 2 aromatic rings. The molecule has 2 N–H and O–H groups in total. The number of carboxylic acid groups (broad SMARTS) is 1. The molecule has 3 rings (SSSR count). The van der Waals surface area contributed by atoms with Crippen LogP contribution in [0.1, 0.15) is 23.2 Å². The van der Waals surface area contributed by atoms with Crippen LogP contribution in [0.4, 0.5) is 5.82 Å². The van der Waals surface area contributed by atoms with Crippen molar-refractivity contribution in [3.05, 3.63) is 34.9 Å². The second kappa shape index (κ2) is 7.02. The van der Waals surface area contributed by atoms with E-state index in [0.717, 1.165) is 19.4 Å². The molecule has 122 valence electrons. The minimum atomic E-state index is -1.08. The minimum absolute atomic E-state index is 0.0315. The van der Waals surface area contributed by atoms with E-state index < -0.39 is 5.97 Å². The number of carbonyl (C=O) groups is 1. The molecule has 1 aliphatic heterocycles. The third-order valence-corrected chi connectivity index (χ3v) is 4.08. The maximum atomic E-state index is 11.6. The van der Waals surface area contributed by atoms with Crippen LogP contribution < -0.4 is 5.32 Å². The van der Waals surface area contributed by atoms with E-state index in [0.29, 0.717) is 29.7 Å². The van der Waals surface area contributed by atoms with Gasteiger partial charge in [-0.05, 0) is 43.0 Å². The second-order valence-corrected chi connectivity index (χ2v) is 5.95. The predicted octanol–water partition coefficient (Wildman–Crippen LogP) is 3.53. The van der Waals surface area contributed by atoms with Crippen molar-refractivity contribution in [2.75, 3.05) is 25.1 Å². The number of rotatable bonds is 5. The van der Waals surface area contributed by atoms with Gasteiger partial charge in [0.1, 0.15) is 0 Å². The van der Waals surface area contributed by atoms with Crippen molar-refractivity contribution in [2.45, 2.75) is 12.8 Å². The summed E-state index contributed by atoms with van der Waals surface area (Å²) in [5, 5.41) is 17.0. The highest BCUT2D eigenvalue weighted by molar-refractivity contribution is 6.30. The van der Waals surface area contributed by atoms with Gasteiger partial charge in [-0.2, -0.15) is 0 Å². The van der Waals surface area contributed by atoms with Gasteiger partial charge in [0.25, 0.3) is 0 Å². The van der Waals surface area contributed by atoms with Gasteiger partial charge < -0.3 is 19.7 Å². The number of nitrogens with zero attached hydrogens (tertiary/aromatic N) is 1. The number of aromatic carboxylic acids is 1. The Hall–Kier alpha value is -2.05. The standard InChI is InChI=1S/C16H17ClN2O4/c17-12-5-3-11(4-6-12)14-13(16(20)21)15(19-23-14)18-8-10-2-1-7-22-9-10/h3-6,10H,1-2,7-9H2,(H,18,19)(H,20,21). The van der Waals surface area contributed by atoms with Crippen LogP contribution in [0.3, 0.4) is 0 Å². The van der Waals surface area contributed by atoms with Crippen molar-refractivity contribution < 1.29 is 19.2 Å². The lowest BCUT2D eigenvalue weighted by Gasteiger charge is -2.22. The lowest BCUT2D eigenvalue weighted by Crippen LogP contribution is -2.24. The fourth-order valence-corrected chi connectivity index (χ4v) is 2.74. The quantitative estimate of drug-likeness (QED) is 0.868. The normalized spacial score (nSPS) is 17.9. The van der Waals surface area contributed by atoms with E-state index in [2.05, 4.69) is 10.5 Å². The summed E-state index contributed by atoms with van der Waals surface area (Å²) in [4.78, 5) is 11.6. The molecule has 0 radical (unpaired) electrons. The fraction of sp³-hybridized carbons (Fsp3) is 0.375. The number of hydrogen-bond acceptors (Lipinski definition) is 5. The maximum Gasteiger partial charge on any atom is 0.343 e. The summed E-state index contributed by atoms with van der Waals surface area (Å²) in [6, 6.07) is 6.76. The molecule has 2 heterocycles. The summed E-state index contributed by atoms with van der Waals surface area (Å²) < 4.78 is 10.7. The first-order chi connectivity index (χ1) is 11.1. The van der Waals surface area contributed by atoms with Crippen molar-refractivity contribution in [1.29, 1.82) is 0 Å². The Labute approximate surface area is 138 Å². The topological polar surface area (TPSA) is 84.6 Å². The zero-order valence-corrected chi connectivity index (χ0v) is 13.2. The van der Waals surface area contributed by atoms with Gasteiger partial charge in [0, 0.05) is 23.7 Å². The van der Waals surface area contributed by atoms with Gasteiger partial charge in [0.2, 0.25) is 0 Å². The van der Waals surface area contributed by atoms with Gasteiger partial charge >= 0.3 is 5.97 Å². The zero-order chi connectivity index (χ0) is 16.2. The number of anilines is 1. The first-order valence-electron chi connectivity index (χ1n) is 7.45. The van der Waals surface area contributed by atoms with Gasteiger partial charge in [0.15, 0.2) is 17.1 Å². The molecule has 0 amide bonds. The van der Waals surface area contributed by atoms with Crippen molar-refractivity contribution in [2.24, 2.45) is 5.92 Å². The number of nitrogens with one attached hydrogen (secondary N) is 1. The van der Waals surface area contributed by atoms with Crippen LogP contribution in [0.15, 0.2) is 28.8 Å². The largest absolute Gasteiger partial charge is 0.477 e. The van der Waals surface area contributed by atoms with Crippen LogP contribution in [0.2, 0.25) is 5.02 Å². The van der Waals surface area contributed by atoms with E-state index in [1.54, 1.807) is 24.3 Å². The summed E-state index contributed by atoms with van der Waals surface area (Å²) in [6.07, 6.45) is 2.07. The fourth-order valence-electron chi connectivity index (χ4n) is 2.62. The van der Waals surface area contributed by atoms with E-state index in [1.165, 1.54) is 0 Å². The van der Waals surface area contributed by atoms with E-state index in [9.17, 15) is 9.90 Å². The van der Waals surface area contributed by atoms with Crippen molar-refractivity contribution in [3.63, 3.8) is 0 Å². The average Bonchev–Trinajstić information content (AvgIpc) is 2.99. The summed E-state index contributed by atoms with van der Waals surface area (Å²) in [5.41, 5.74) is 0.650. The smallest absolute Gasteiger partial charge is 0.343 e. The maximum absolute atomic E-state index is 11.6. The highest BCUT2D eigenvalue weighted by Gasteiger charge is 2.24. The predicted molar refractivity (Wildman–Crippen MR) is 85.9 cm³/mol. The number of carboxylic acids is 1. The van der Waals surface area contributed by atoms with Gasteiger partial charge in [0.05, 0.1) is 6.61 Å². The molecule has 1 fully saturated rings. The average molecular weight is 337 g/mol. The molecule has 0 spiro atoms. The van der Waals surface area contributed by atoms with Crippen molar-refractivity contribution >= 4 is 23.4 Å². The van der Waals surface area contributed by atoms with Gasteiger partial charge in [-0.1, -0.05) is 16.8 Å². The molecule has 1 unspecified atom stereocenters. The number of hydrogen-bond donors (Lipinski definition) is 2. The molecular formula is C16H17ClN2O4. The van der Waals surface area contributed by atoms with E-state index in [1.807, 2.05) is 0 Å². The molecule has 1 aromatic carbocycles. The lowest BCUT2D eigenvalue weighted by molar-refractivity contribution is 0.0594. The molecule has 0 aliphatic carbocycles. The Bertz CT molecular complexity index is 678. The molecule has 1 aliphatic rings. The Morgan fingerprint density at radius 2 is 2.17 bits per heavy atom. The second-order valence-electron chi connectivity index (χ2n) is 5.51. The molecule has 6 nitrogen and oxygen atoms in total. The number of ether oxygens (including phenoxy) is 1. The van der Waals surface area contributed by atoms with Crippen LogP contribution >= 0.6 is 11.6 Å². The molecule has 1 aromatic heterocycles. The number of benzene rings is 1. The zero-order valence-electron chi connectivity index (χ0n) is 12.4. The molecule has 7 heteroatoms. The summed E-state index contributed by atoms with van der Waals surface area (Å²) >= 11 is 5.86. The number of halogens is 1. The highest BCUT2D eigenvalue weighted by atomic mass is 35.5. The van der Waals surface area contributed by atoms with Crippen LogP contribution in [-0.4, -0.2) is 36.0 Å². The highest BCUT2D eigenvalue weighted by Crippen LogP contribution is 2.30. The summed E-state index contributed by atoms with van der Waals surface area (Å²) in [6.45, 7) is 2.08. The molecule has 1 saturated heterocycles. The Morgan fingerprint density at radius 1 is 1.39 bits per heavy atom. The molecule has 0 saturated carbocycles. The van der Waals surface area contributed by atoms with Gasteiger partial charge in [-0.3, -0.25) is 0 Å². The SMILES string of the molecule is O=C(O)c1c(NCC2CCCOC2)noc1-c1ccc(Cl)cc1. The third-order valence-electron chi connectivity index (χ3n) is 3.83. The molecular weight excluding hydrogens is 320 g/mol. The number of aromatic nitrogens is 1. The van der Waals surface area contributed by atoms with Crippen LogP contribution in [0, 0.1) is 5.92 Å². The Kier molecular flexibility index (Phi) is 4.83.